The topological polar surface area (TPSA) is 23.6 Å². The summed E-state index contributed by atoms with van der Waals surface area (Å²) in [6.07, 6.45) is 0.475. The van der Waals surface area contributed by atoms with E-state index in [2.05, 4.69) is 52.9 Å². The SMILES string of the molecule is Cc1ccc(N2CCN(C(=O)Cc3cccc(Br)c3)CC2)cc1C. The molecule has 1 amide bonds. The molecule has 0 aromatic heterocycles. The average Bonchev–Trinajstić information content (AvgIpc) is 2.57. The highest BCUT2D eigenvalue weighted by atomic mass is 79.9. The molecule has 1 heterocycles. The van der Waals surface area contributed by atoms with Gasteiger partial charge in [0.25, 0.3) is 0 Å². The number of carbonyl (C=O) groups excluding carboxylic acids is 1. The fourth-order valence-corrected chi connectivity index (χ4v) is 3.52. The van der Waals surface area contributed by atoms with E-state index in [4.69, 9.17) is 0 Å². The van der Waals surface area contributed by atoms with Crippen molar-refractivity contribution in [2.45, 2.75) is 20.3 Å². The van der Waals surface area contributed by atoms with Crippen molar-refractivity contribution in [3.63, 3.8) is 0 Å². The molecule has 4 heteroatoms. The Hall–Kier alpha value is -1.81. The fourth-order valence-electron chi connectivity index (χ4n) is 3.07. The van der Waals surface area contributed by atoms with Gasteiger partial charge in [-0.05, 0) is 54.8 Å². The summed E-state index contributed by atoms with van der Waals surface area (Å²) < 4.78 is 1.02. The second kappa shape index (κ2) is 7.39. The van der Waals surface area contributed by atoms with Gasteiger partial charge >= 0.3 is 0 Å². The third-order valence-electron chi connectivity index (χ3n) is 4.73. The summed E-state index contributed by atoms with van der Waals surface area (Å²) in [6.45, 7) is 7.66. The molecule has 0 bridgehead atoms. The van der Waals surface area contributed by atoms with Gasteiger partial charge in [0.2, 0.25) is 5.91 Å². The predicted molar refractivity (Wildman–Crippen MR) is 103 cm³/mol. The number of hydrogen-bond donors (Lipinski definition) is 0. The molecule has 3 nitrogen and oxygen atoms in total. The van der Waals surface area contributed by atoms with Crippen LogP contribution in [0.3, 0.4) is 0 Å². The van der Waals surface area contributed by atoms with Gasteiger partial charge in [0.05, 0.1) is 6.42 Å². The molecule has 2 aromatic carbocycles. The van der Waals surface area contributed by atoms with Crippen LogP contribution in [0.1, 0.15) is 16.7 Å². The van der Waals surface area contributed by atoms with Crippen molar-refractivity contribution >= 4 is 27.5 Å². The second-order valence-electron chi connectivity index (χ2n) is 6.44. The number of amides is 1. The largest absolute Gasteiger partial charge is 0.368 e. The number of benzene rings is 2. The van der Waals surface area contributed by atoms with Crippen molar-refractivity contribution in [1.29, 1.82) is 0 Å². The summed E-state index contributed by atoms with van der Waals surface area (Å²) in [5.74, 6) is 0.216. The number of rotatable bonds is 3. The van der Waals surface area contributed by atoms with Crippen LogP contribution < -0.4 is 4.90 Å². The van der Waals surface area contributed by atoms with E-state index in [-0.39, 0.29) is 5.91 Å². The highest BCUT2D eigenvalue weighted by Gasteiger charge is 2.21. The Bertz CT molecular complexity index is 736. The minimum absolute atomic E-state index is 0.216. The molecule has 0 unspecified atom stereocenters. The summed E-state index contributed by atoms with van der Waals surface area (Å²) in [6, 6.07) is 14.6. The number of halogens is 1. The summed E-state index contributed by atoms with van der Waals surface area (Å²) in [5, 5.41) is 0. The highest BCUT2D eigenvalue weighted by Crippen LogP contribution is 2.20. The van der Waals surface area contributed by atoms with Crippen molar-refractivity contribution in [1.82, 2.24) is 4.90 Å². The van der Waals surface area contributed by atoms with E-state index in [9.17, 15) is 4.79 Å². The smallest absolute Gasteiger partial charge is 0.227 e. The van der Waals surface area contributed by atoms with Crippen LogP contribution in [0.15, 0.2) is 46.9 Å². The minimum atomic E-state index is 0.216. The maximum absolute atomic E-state index is 12.5. The summed E-state index contributed by atoms with van der Waals surface area (Å²) in [5.41, 5.74) is 4.96. The first-order valence-electron chi connectivity index (χ1n) is 8.37. The van der Waals surface area contributed by atoms with E-state index < -0.39 is 0 Å². The first-order chi connectivity index (χ1) is 11.5. The number of hydrogen-bond acceptors (Lipinski definition) is 2. The quantitative estimate of drug-likeness (QED) is 0.796. The van der Waals surface area contributed by atoms with Gasteiger partial charge in [0.1, 0.15) is 0 Å². The molecule has 1 fully saturated rings. The van der Waals surface area contributed by atoms with Crippen LogP contribution in [-0.2, 0) is 11.2 Å². The van der Waals surface area contributed by atoms with E-state index in [1.807, 2.05) is 29.2 Å². The summed E-state index contributed by atoms with van der Waals surface area (Å²) >= 11 is 3.46. The number of nitrogens with zero attached hydrogens (tertiary/aromatic N) is 2. The Balaban J connectivity index is 1.58. The van der Waals surface area contributed by atoms with Gasteiger partial charge in [-0.2, -0.15) is 0 Å². The van der Waals surface area contributed by atoms with Gasteiger partial charge in [0.15, 0.2) is 0 Å². The Morgan fingerprint density at radius 3 is 2.42 bits per heavy atom. The monoisotopic (exact) mass is 386 g/mol. The van der Waals surface area contributed by atoms with Crippen LogP contribution in [0.2, 0.25) is 0 Å². The maximum Gasteiger partial charge on any atom is 0.227 e. The number of piperazine rings is 1. The van der Waals surface area contributed by atoms with Gasteiger partial charge < -0.3 is 9.80 Å². The Morgan fingerprint density at radius 1 is 1.00 bits per heavy atom. The molecule has 3 rings (SSSR count). The molecule has 2 aromatic rings. The molecule has 0 spiro atoms. The molecule has 1 saturated heterocycles. The zero-order chi connectivity index (χ0) is 17.1. The molecule has 0 N–H and O–H groups in total. The van der Waals surface area contributed by atoms with Crippen LogP contribution in [0.5, 0.6) is 0 Å². The maximum atomic E-state index is 12.5. The number of carbonyl (C=O) groups is 1. The number of aryl methyl sites for hydroxylation is 2. The fraction of sp³-hybridized carbons (Fsp3) is 0.350. The number of anilines is 1. The second-order valence-corrected chi connectivity index (χ2v) is 7.36. The van der Waals surface area contributed by atoms with E-state index in [0.717, 1.165) is 36.2 Å². The lowest BCUT2D eigenvalue weighted by molar-refractivity contribution is -0.130. The first-order valence-corrected chi connectivity index (χ1v) is 9.16. The molecular weight excluding hydrogens is 364 g/mol. The lowest BCUT2D eigenvalue weighted by Gasteiger charge is -2.36. The molecule has 1 aliphatic heterocycles. The minimum Gasteiger partial charge on any atom is -0.368 e. The van der Waals surface area contributed by atoms with E-state index >= 15 is 0 Å². The third kappa shape index (κ3) is 3.99. The third-order valence-corrected chi connectivity index (χ3v) is 5.23. The Kier molecular flexibility index (Phi) is 5.24. The molecular formula is C20H23BrN2O. The first kappa shape index (κ1) is 17.0. The van der Waals surface area contributed by atoms with Crippen LogP contribution in [0, 0.1) is 13.8 Å². The predicted octanol–water partition coefficient (Wildman–Crippen LogP) is 3.96. The van der Waals surface area contributed by atoms with Crippen molar-refractivity contribution in [3.8, 4) is 0 Å². The average molecular weight is 387 g/mol. The molecule has 126 valence electrons. The zero-order valence-electron chi connectivity index (χ0n) is 14.3. The van der Waals surface area contributed by atoms with Crippen molar-refractivity contribution in [3.05, 3.63) is 63.6 Å². The Morgan fingerprint density at radius 2 is 1.75 bits per heavy atom. The van der Waals surface area contributed by atoms with E-state index in [1.54, 1.807) is 0 Å². The lowest BCUT2D eigenvalue weighted by Crippen LogP contribution is -2.49. The van der Waals surface area contributed by atoms with Crippen LogP contribution in [-0.4, -0.2) is 37.0 Å². The summed E-state index contributed by atoms with van der Waals surface area (Å²) in [4.78, 5) is 16.9. The van der Waals surface area contributed by atoms with Gasteiger partial charge in [-0.15, -0.1) is 0 Å². The highest BCUT2D eigenvalue weighted by molar-refractivity contribution is 9.10. The van der Waals surface area contributed by atoms with Crippen molar-refractivity contribution in [2.75, 3.05) is 31.1 Å². The van der Waals surface area contributed by atoms with Crippen LogP contribution >= 0.6 is 15.9 Å². The lowest BCUT2D eigenvalue weighted by atomic mass is 10.1. The van der Waals surface area contributed by atoms with Gasteiger partial charge in [-0.3, -0.25) is 4.79 Å². The van der Waals surface area contributed by atoms with E-state index in [1.165, 1.54) is 16.8 Å². The summed E-state index contributed by atoms with van der Waals surface area (Å²) in [7, 11) is 0. The molecule has 0 atom stereocenters. The van der Waals surface area contributed by atoms with Gasteiger partial charge in [-0.1, -0.05) is 34.1 Å². The molecule has 0 saturated carbocycles. The van der Waals surface area contributed by atoms with Gasteiger partial charge in [0, 0.05) is 36.3 Å². The standard InChI is InChI=1S/C20H23BrN2O/c1-15-6-7-19(12-16(15)2)22-8-10-23(11-9-22)20(24)14-17-4-3-5-18(21)13-17/h3-7,12-13H,8-11,14H2,1-2H3. The van der Waals surface area contributed by atoms with Crippen LogP contribution in [0.4, 0.5) is 5.69 Å². The normalized spacial score (nSPS) is 14.8. The Labute approximate surface area is 152 Å². The zero-order valence-corrected chi connectivity index (χ0v) is 15.8. The van der Waals surface area contributed by atoms with Crippen molar-refractivity contribution in [2.24, 2.45) is 0 Å². The molecule has 1 aliphatic rings. The van der Waals surface area contributed by atoms with Gasteiger partial charge in [-0.25, -0.2) is 0 Å². The van der Waals surface area contributed by atoms with E-state index in [0.29, 0.717) is 6.42 Å². The van der Waals surface area contributed by atoms with Crippen LogP contribution in [0.25, 0.3) is 0 Å². The van der Waals surface area contributed by atoms with Crippen molar-refractivity contribution < 1.29 is 4.79 Å². The molecule has 0 aliphatic carbocycles. The molecule has 24 heavy (non-hydrogen) atoms. The molecule has 0 radical (unpaired) electrons.